The number of rotatable bonds is 3. The number of nitrogens with zero attached hydrogens (tertiary/aromatic N) is 2. The molecule has 1 fully saturated rings. The van der Waals surface area contributed by atoms with Crippen molar-refractivity contribution in [1.29, 1.82) is 0 Å². The van der Waals surface area contributed by atoms with Crippen LogP contribution in [0.1, 0.15) is 29.8 Å². The molecule has 116 valence electrons. The van der Waals surface area contributed by atoms with E-state index in [1.54, 1.807) is 0 Å². The van der Waals surface area contributed by atoms with Crippen molar-refractivity contribution in [2.24, 2.45) is 5.92 Å². The maximum Gasteiger partial charge on any atom is 0.266 e. The molecular weight excluding hydrogens is 284 g/mol. The van der Waals surface area contributed by atoms with Gasteiger partial charge in [-0.05, 0) is 55.9 Å². The molecule has 1 heterocycles. The lowest BCUT2D eigenvalue weighted by Gasteiger charge is -2.16. The van der Waals surface area contributed by atoms with Gasteiger partial charge in [0.15, 0.2) is 0 Å². The Bertz CT molecular complexity index is 952. The predicted octanol–water partition coefficient (Wildman–Crippen LogP) is 3.96. The highest BCUT2D eigenvalue weighted by Gasteiger charge is 2.25. The molecular formula is C20H20N2O. The summed E-state index contributed by atoms with van der Waals surface area (Å²) in [6.07, 6.45) is 3.37. The molecule has 0 bridgehead atoms. The van der Waals surface area contributed by atoms with Gasteiger partial charge in [0.25, 0.3) is 5.56 Å². The Morgan fingerprint density at radius 1 is 1.04 bits per heavy atom. The largest absolute Gasteiger partial charge is 0.268 e. The van der Waals surface area contributed by atoms with Crippen molar-refractivity contribution in [1.82, 2.24) is 9.55 Å². The summed E-state index contributed by atoms with van der Waals surface area (Å²) in [5.41, 5.74) is 3.90. The van der Waals surface area contributed by atoms with Gasteiger partial charge in [0, 0.05) is 6.42 Å². The first-order chi connectivity index (χ1) is 11.1. The van der Waals surface area contributed by atoms with Crippen molar-refractivity contribution in [2.45, 2.75) is 33.1 Å². The number of hydrogen-bond acceptors (Lipinski definition) is 2. The summed E-state index contributed by atoms with van der Waals surface area (Å²) in [4.78, 5) is 18.1. The summed E-state index contributed by atoms with van der Waals surface area (Å²) >= 11 is 0. The van der Waals surface area contributed by atoms with Gasteiger partial charge in [-0.25, -0.2) is 4.98 Å². The van der Waals surface area contributed by atoms with Gasteiger partial charge in [-0.3, -0.25) is 9.36 Å². The van der Waals surface area contributed by atoms with Gasteiger partial charge in [0.05, 0.1) is 16.6 Å². The monoisotopic (exact) mass is 304 g/mol. The summed E-state index contributed by atoms with van der Waals surface area (Å²) in [6, 6.07) is 13.9. The molecule has 1 aliphatic rings. The van der Waals surface area contributed by atoms with Crippen molar-refractivity contribution >= 4 is 10.9 Å². The van der Waals surface area contributed by atoms with Crippen LogP contribution < -0.4 is 5.56 Å². The molecule has 3 aromatic rings. The van der Waals surface area contributed by atoms with Crippen LogP contribution in [0.2, 0.25) is 0 Å². The quantitative estimate of drug-likeness (QED) is 0.734. The highest BCUT2D eigenvalue weighted by atomic mass is 16.1. The van der Waals surface area contributed by atoms with Crippen LogP contribution in [0.15, 0.2) is 47.3 Å². The topological polar surface area (TPSA) is 34.9 Å². The van der Waals surface area contributed by atoms with Gasteiger partial charge in [-0.1, -0.05) is 30.3 Å². The zero-order valence-corrected chi connectivity index (χ0v) is 13.5. The summed E-state index contributed by atoms with van der Waals surface area (Å²) in [5, 5.41) is 0.732. The second-order valence-electron chi connectivity index (χ2n) is 6.57. The summed E-state index contributed by atoms with van der Waals surface area (Å²) in [5.74, 6) is 1.57. The second-order valence-corrected chi connectivity index (χ2v) is 6.57. The van der Waals surface area contributed by atoms with Crippen molar-refractivity contribution in [3.05, 3.63) is 69.8 Å². The zero-order chi connectivity index (χ0) is 16.0. The van der Waals surface area contributed by atoms with E-state index in [-0.39, 0.29) is 5.56 Å². The average Bonchev–Trinajstić information content (AvgIpc) is 3.33. The van der Waals surface area contributed by atoms with Crippen LogP contribution in [0.3, 0.4) is 0 Å². The van der Waals surface area contributed by atoms with E-state index in [0.717, 1.165) is 40.0 Å². The minimum absolute atomic E-state index is 0.0538. The summed E-state index contributed by atoms with van der Waals surface area (Å²) in [6.45, 7) is 4.03. The van der Waals surface area contributed by atoms with E-state index < -0.39 is 0 Å². The number of hydrogen-bond donors (Lipinski definition) is 0. The molecule has 0 aliphatic heterocycles. The molecule has 1 aliphatic carbocycles. The lowest BCUT2D eigenvalue weighted by molar-refractivity contribution is 0.726. The molecule has 1 saturated carbocycles. The maximum atomic E-state index is 13.2. The average molecular weight is 304 g/mol. The SMILES string of the molecule is Cc1ccccc1-n1c(CC2CC2)nc2cccc(C)c2c1=O. The Labute approximate surface area is 135 Å². The molecule has 0 amide bonds. The first-order valence-corrected chi connectivity index (χ1v) is 8.22. The molecule has 23 heavy (non-hydrogen) atoms. The lowest BCUT2D eigenvalue weighted by Crippen LogP contribution is -2.25. The predicted molar refractivity (Wildman–Crippen MR) is 93.2 cm³/mol. The molecule has 0 radical (unpaired) electrons. The van der Waals surface area contributed by atoms with E-state index in [4.69, 9.17) is 4.98 Å². The standard InChI is InChI=1S/C20H20N2O/c1-13-6-3-4-9-17(13)22-18(12-15-10-11-15)21-16-8-5-7-14(2)19(16)20(22)23/h3-9,15H,10-12H2,1-2H3. The molecule has 2 aromatic carbocycles. The van der Waals surface area contributed by atoms with Gasteiger partial charge in [0.2, 0.25) is 0 Å². The second kappa shape index (κ2) is 5.34. The Balaban J connectivity index is 2.07. The van der Waals surface area contributed by atoms with Crippen molar-refractivity contribution in [2.75, 3.05) is 0 Å². The third-order valence-electron chi connectivity index (χ3n) is 4.70. The van der Waals surface area contributed by atoms with E-state index >= 15 is 0 Å². The van der Waals surface area contributed by atoms with Crippen LogP contribution in [-0.2, 0) is 6.42 Å². The zero-order valence-electron chi connectivity index (χ0n) is 13.5. The molecule has 4 rings (SSSR count). The minimum atomic E-state index is 0.0538. The smallest absolute Gasteiger partial charge is 0.266 e. The highest BCUT2D eigenvalue weighted by Crippen LogP contribution is 2.33. The van der Waals surface area contributed by atoms with Gasteiger partial charge in [0.1, 0.15) is 5.82 Å². The van der Waals surface area contributed by atoms with E-state index in [1.165, 1.54) is 12.8 Å². The van der Waals surface area contributed by atoms with E-state index in [0.29, 0.717) is 5.92 Å². The summed E-state index contributed by atoms with van der Waals surface area (Å²) in [7, 11) is 0. The van der Waals surface area contributed by atoms with Crippen LogP contribution >= 0.6 is 0 Å². The third-order valence-corrected chi connectivity index (χ3v) is 4.70. The minimum Gasteiger partial charge on any atom is -0.268 e. The van der Waals surface area contributed by atoms with E-state index in [1.807, 2.05) is 60.9 Å². The molecule has 0 N–H and O–H groups in total. The number of aromatic nitrogens is 2. The number of benzene rings is 2. The van der Waals surface area contributed by atoms with Crippen molar-refractivity contribution < 1.29 is 0 Å². The molecule has 3 heteroatoms. The molecule has 1 aromatic heterocycles. The van der Waals surface area contributed by atoms with Gasteiger partial charge in [-0.2, -0.15) is 0 Å². The van der Waals surface area contributed by atoms with Crippen molar-refractivity contribution in [3.63, 3.8) is 0 Å². The first kappa shape index (κ1) is 14.2. The molecule has 3 nitrogen and oxygen atoms in total. The van der Waals surface area contributed by atoms with Crippen LogP contribution in [0.25, 0.3) is 16.6 Å². The molecule has 0 saturated heterocycles. The Hall–Kier alpha value is -2.42. The lowest BCUT2D eigenvalue weighted by atomic mass is 10.1. The fourth-order valence-corrected chi connectivity index (χ4v) is 3.22. The normalized spacial score (nSPS) is 14.3. The van der Waals surface area contributed by atoms with Crippen molar-refractivity contribution in [3.8, 4) is 5.69 Å². The molecule has 0 atom stereocenters. The number of aryl methyl sites for hydroxylation is 2. The van der Waals surface area contributed by atoms with Crippen LogP contribution in [-0.4, -0.2) is 9.55 Å². The number of fused-ring (bicyclic) bond motifs is 1. The Morgan fingerprint density at radius 2 is 1.78 bits per heavy atom. The van der Waals surface area contributed by atoms with Crippen LogP contribution in [0, 0.1) is 19.8 Å². The van der Waals surface area contributed by atoms with Crippen LogP contribution in [0.5, 0.6) is 0 Å². The van der Waals surface area contributed by atoms with E-state index in [9.17, 15) is 4.79 Å². The van der Waals surface area contributed by atoms with Crippen LogP contribution in [0.4, 0.5) is 0 Å². The van der Waals surface area contributed by atoms with Gasteiger partial charge >= 0.3 is 0 Å². The Kier molecular flexibility index (Phi) is 3.29. The maximum absolute atomic E-state index is 13.2. The van der Waals surface area contributed by atoms with E-state index in [2.05, 4.69) is 0 Å². The Morgan fingerprint density at radius 3 is 2.52 bits per heavy atom. The third kappa shape index (κ3) is 2.46. The molecule has 0 spiro atoms. The van der Waals surface area contributed by atoms with Gasteiger partial charge in [-0.15, -0.1) is 0 Å². The first-order valence-electron chi connectivity index (χ1n) is 8.22. The summed E-state index contributed by atoms with van der Waals surface area (Å²) < 4.78 is 1.84. The number of para-hydroxylation sites is 1. The fourth-order valence-electron chi connectivity index (χ4n) is 3.22. The molecule has 0 unspecified atom stereocenters. The highest BCUT2D eigenvalue weighted by molar-refractivity contribution is 5.81. The fraction of sp³-hybridized carbons (Fsp3) is 0.300. The van der Waals surface area contributed by atoms with Gasteiger partial charge < -0.3 is 0 Å².